The highest BCUT2D eigenvalue weighted by atomic mass is 32.2. The Labute approximate surface area is 119 Å². The molecule has 0 aliphatic heterocycles. The highest BCUT2D eigenvalue weighted by Gasteiger charge is 2.40. The first-order valence-electron chi connectivity index (χ1n) is 6.60. The molecule has 1 aromatic rings. The average molecular weight is 299 g/mol. The predicted molar refractivity (Wildman–Crippen MR) is 76.1 cm³/mol. The third-order valence-corrected chi connectivity index (χ3v) is 5.77. The number of nitrogens with one attached hydrogen (secondary N) is 1. The molecule has 0 spiro atoms. The quantitative estimate of drug-likeness (QED) is 0.590. The monoisotopic (exact) mass is 299 g/mol. The lowest BCUT2D eigenvalue weighted by Gasteiger charge is -2.21. The zero-order valence-corrected chi connectivity index (χ0v) is 12.9. The fourth-order valence-electron chi connectivity index (χ4n) is 2.34. The van der Waals surface area contributed by atoms with E-state index in [0.717, 1.165) is 12.8 Å². The lowest BCUT2D eigenvalue weighted by Crippen LogP contribution is -2.36. The van der Waals surface area contributed by atoms with Gasteiger partial charge in [-0.05, 0) is 26.7 Å². The molecule has 2 rings (SSSR count). The fraction of sp³-hybridized carbons (Fsp3) is 0.667. The van der Waals surface area contributed by atoms with Crippen molar-refractivity contribution in [3.63, 3.8) is 0 Å². The van der Waals surface area contributed by atoms with Crippen LogP contribution in [0.25, 0.3) is 0 Å². The zero-order chi connectivity index (χ0) is 15.1. The smallest absolute Gasteiger partial charge is 0.247 e. The van der Waals surface area contributed by atoms with Crippen LogP contribution in [-0.2, 0) is 17.1 Å². The molecule has 1 saturated carbocycles. The summed E-state index contributed by atoms with van der Waals surface area (Å²) < 4.78 is 28.7. The zero-order valence-electron chi connectivity index (χ0n) is 12.0. The van der Waals surface area contributed by atoms with Crippen LogP contribution in [0.2, 0.25) is 0 Å². The molecular weight excluding hydrogens is 278 g/mol. The first kappa shape index (κ1) is 15.0. The number of amidine groups is 1. The molecule has 0 unspecified atom stereocenters. The van der Waals surface area contributed by atoms with E-state index in [9.17, 15) is 8.42 Å². The molecule has 20 heavy (non-hydrogen) atoms. The second kappa shape index (κ2) is 5.17. The standard InChI is InChI=1S/C12H21N5O2S/c1-8-12(9(2)16(3)15-8)20(18,19)17(10-4-5-10)7-6-11(13)14/h10H,4-7H2,1-3H3,(H3,13,14). The summed E-state index contributed by atoms with van der Waals surface area (Å²) in [5.74, 6) is 0.00507. The van der Waals surface area contributed by atoms with E-state index in [2.05, 4.69) is 5.10 Å². The van der Waals surface area contributed by atoms with Crippen LogP contribution in [0.4, 0.5) is 0 Å². The molecule has 0 bridgehead atoms. The summed E-state index contributed by atoms with van der Waals surface area (Å²) in [4.78, 5) is 0.287. The Morgan fingerprint density at radius 3 is 2.50 bits per heavy atom. The Morgan fingerprint density at radius 1 is 1.50 bits per heavy atom. The van der Waals surface area contributed by atoms with Crippen LogP contribution in [0.15, 0.2) is 4.90 Å². The van der Waals surface area contributed by atoms with Gasteiger partial charge in [-0.25, -0.2) is 8.42 Å². The third kappa shape index (κ3) is 2.71. The van der Waals surface area contributed by atoms with Crippen molar-refractivity contribution < 1.29 is 8.42 Å². The molecule has 0 atom stereocenters. The van der Waals surface area contributed by atoms with Crippen LogP contribution < -0.4 is 5.73 Å². The van der Waals surface area contributed by atoms with Gasteiger partial charge in [0.15, 0.2) is 0 Å². The number of aryl methyl sites for hydroxylation is 2. The number of hydrogen-bond donors (Lipinski definition) is 2. The summed E-state index contributed by atoms with van der Waals surface area (Å²) in [5, 5.41) is 11.5. The van der Waals surface area contributed by atoms with E-state index in [-0.39, 0.29) is 29.7 Å². The highest BCUT2D eigenvalue weighted by molar-refractivity contribution is 7.89. The molecule has 3 N–H and O–H groups in total. The number of nitrogens with two attached hydrogens (primary N) is 1. The molecule has 112 valence electrons. The number of sulfonamides is 1. The minimum Gasteiger partial charge on any atom is -0.388 e. The summed E-state index contributed by atoms with van der Waals surface area (Å²) >= 11 is 0. The van der Waals surface area contributed by atoms with E-state index in [4.69, 9.17) is 11.1 Å². The van der Waals surface area contributed by atoms with Crippen molar-refractivity contribution in [1.82, 2.24) is 14.1 Å². The number of hydrogen-bond acceptors (Lipinski definition) is 4. The summed E-state index contributed by atoms with van der Waals surface area (Å²) in [6.07, 6.45) is 2.00. The van der Waals surface area contributed by atoms with Crippen molar-refractivity contribution in [3.8, 4) is 0 Å². The van der Waals surface area contributed by atoms with E-state index in [0.29, 0.717) is 11.4 Å². The predicted octanol–water partition coefficient (Wildman–Crippen LogP) is 0.516. The minimum absolute atomic E-state index is 0.00507. The van der Waals surface area contributed by atoms with Crippen molar-refractivity contribution in [2.24, 2.45) is 12.8 Å². The number of rotatable bonds is 6. The van der Waals surface area contributed by atoms with Crippen LogP contribution in [0.5, 0.6) is 0 Å². The molecule has 1 heterocycles. The lowest BCUT2D eigenvalue weighted by atomic mass is 10.4. The molecule has 0 radical (unpaired) electrons. The van der Waals surface area contributed by atoms with Gasteiger partial charge in [0.25, 0.3) is 0 Å². The summed E-state index contributed by atoms with van der Waals surface area (Å²) in [6.45, 7) is 3.72. The van der Waals surface area contributed by atoms with Crippen LogP contribution in [-0.4, -0.2) is 40.9 Å². The van der Waals surface area contributed by atoms with Crippen molar-refractivity contribution in [2.75, 3.05) is 6.54 Å². The van der Waals surface area contributed by atoms with E-state index in [1.165, 1.54) is 4.31 Å². The third-order valence-electron chi connectivity index (χ3n) is 3.56. The Kier molecular flexibility index (Phi) is 3.88. The van der Waals surface area contributed by atoms with Gasteiger partial charge in [-0.3, -0.25) is 10.1 Å². The SMILES string of the molecule is Cc1nn(C)c(C)c1S(=O)(=O)N(CCC(=N)N)C1CC1. The number of nitrogens with zero attached hydrogens (tertiary/aromatic N) is 3. The van der Waals surface area contributed by atoms with Crippen molar-refractivity contribution in [1.29, 1.82) is 5.41 Å². The molecule has 7 nitrogen and oxygen atoms in total. The Balaban J connectivity index is 2.37. The summed E-state index contributed by atoms with van der Waals surface area (Å²) in [7, 11) is -1.84. The molecule has 1 fully saturated rings. The van der Waals surface area contributed by atoms with E-state index in [1.54, 1.807) is 25.6 Å². The first-order chi connectivity index (χ1) is 9.25. The summed E-state index contributed by atoms with van der Waals surface area (Å²) in [5.41, 5.74) is 6.50. The molecular formula is C12H21N5O2S. The largest absolute Gasteiger partial charge is 0.388 e. The van der Waals surface area contributed by atoms with Gasteiger partial charge < -0.3 is 5.73 Å². The van der Waals surface area contributed by atoms with Gasteiger partial charge >= 0.3 is 0 Å². The molecule has 0 aromatic carbocycles. The Hall–Kier alpha value is -1.41. The highest BCUT2D eigenvalue weighted by Crippen LogP contribution is 2.33. The topological polar surface area (TPSA) is 105 Å². The van der Waals surface area contributed by atoms with Gasteiger partial charge in [0.2, 0.25) is 10.0 Å². The lowest BCUT2D eigenvalue weighted by molar-refractivity contribution is 0.411. The molecule has 8 heteroatoms. The summed E-state index contributed by atoms with van der Waals surface area (Å²) in [6, 6.07) is 0.0401. The normalized spacial score (nSPS) is 15.8. The second-order valence-electron chi connectivity index (χ2n) is 5.25. The minimum atomic E-state index is -3.58. The van der Waals surface area contributed by atoms with Gasteiger partial charge in [0.05, 0.1) is 17.2 Å². The van der Waals surface area contributed by atoms with E-state index < -0.39 is 10.0 Å². The first-order valence-corrected chi connectivity index (χ1v) is 8.04. The molecule has 1 aliphatic rings. The molecule has 1 aromatic heterocycles. The maximum atomic E-state index is 12.8. The van der Waals surface area contributed by atoms with Gasteiger partial charge in [-0.1, -0.05) is 0 Å². The Bertz CT molecular complexity index is 631. The van der Waals surface area contributed by atoms with Gasteiger partial charge in [-0.2, -0.15) is 9.40 Å². The van der Waals surface area contributed by atoms with E-state index in [1.807, 2.05) is 0 Å². The van der Waals surface area contributed by atoms with Crippen molar-refractivity contribution >= 4 is 15.9 Å². The second-order valence-corrected chi connectivity index (χ2v) is 7.07. The van der Waals surface area contributed by atoms with Gasteiger partial charge in [0, 0.05) is 26.1 Å². The van der Waals surface area contributed by atoms with Crippen molar-refractivity contribution in [2.45, 2.75) is 44.0 Å². The number of aromatic nitrogens is 2. The average Bonchev–Trinajstić information content (AvgIpc) is 3.08. The molecule has 1 aliphatic carbocycles. The molecule has 0 saturated heterocycles. The maximum Gasteiger partial charge on any atom is 0.247 e. The van der Waals surface area contributed by atoms with Crippen LogP contribution in [0.1, 0.15) is 30.7 Å². The molecule has 0 amide bonds. The fourth-order valence-corrected chi connectivity index (χ4v) is 4.43. The maximum absolute atomic E-state index is 12.8. The van der Waals surface area contributed by atoms with Crippen molar-refractivity contribution in [3.05, 3.63) is 11.4 Å². The van der Waals surface area contributed by atoms with Gasteiger partial charge in [0.1, 0.15) is 4.90 Å². The Morgan fingerprint density at radius 2 is 2.10 bits per heavy atom. The van der Waals surface area contributed by atoms with Crippen LogP contribution >= 0.6 is 0 Å². The van der Waals surface area contributed by atoms with Gasteiger partial charge in [-0.15, -0.1) is 0 Å². The van der Waals surface area contributed by atoms with Crippen LogP contribution in [0, 0.1) is 19.3 Å². The van der Waals surface area contributed by atoms with Crippen LogP contribution in [0.3, 0.4) is 0 Å². The van der Waals surface area contributed by atoms with E-state index >= 15 is 0 Å².